The summed E-state index contributed by atoms with van der Waals surface area (Å²) in [5, 5.41) is 0. The number of rotatable bonds is 6. The van der Waals surface area contributed by atoms with E-state index in [0.29, 0.717) is 6.42 Å². The van der Waals surface area contributed by atoms with Crippen LogP contribution in [0.25, 0.3) is 0 Å². The number of carbonyl (C=O) groups excluding carboxylic acids is 2. The lowest BCUT2D eigenvalue weighted by Gasteiger charge is -2.10. The van der Waals surface area contributed by atoms with Gasteiger partial charge in [0, 0.05) is 13.0 Å². The molecule has 2 aromatic rings. The van der Waals surface area contributed by atoms with E-state index in [1.807, 2.05) is 18.2 Å². The van der Waals surface area contributed by atoms with Crippen LogP contribution in [0.3, 0.4) is 0 Å². The molecule has 0 radical (unpaired) electrons. The molecule has 0 unspecified atom stereocenters. The number of sulfonamides is 1. The minimum absolute atomic E-state index is 0.0484. The zero-order valence-electron chi connectivity index (χ0n) is 13.8. The zero-order valence-corrected chi connectivity index (χ0v) is 14.6. The van der Waals surface area contributed by atoms with Crippen molar-refractivity contribution in [3.8, 4) is 0 Å². The van der Waals surface area contributed by atoms with Crippen molar-refractivity contribution in [1.29, 1.82) is 0 Å². The Hall–Kier alpha value is -2.71. The normalized spacial score (nSPS) is 16.9. The molecular weight excluding hydrogens is 358 g/mol. The fourth-order valence-electron chi connectivity index (χ4n) is 2.43. The van der Waals surface area contributed by atoms with Gasteiger partial charge in [-0.25, -0.2) is 22.7 Å². The number of hydrogen-bond donors (Lipinski definition) is 1. The van der Waals surface area contributed by atoms with Crippen LogP contribution in [0.15, 0.2) is 59.5 Å². The summed E-state index contributed by atoms with van der Waals surface area (Å²) in [5.74, 6) is -1.36. The van der Waals surface area contributed by atoms with Gasteiger partial charge >= 0.3 is 11.9 Å². The molecule has 0 bridgehead atoms. The number of benzene rings is 2. The van der Waals surface area contributed by atoms with Crippen molar-refractivity contribution >= 4 is 22.0 Å². The van der Waals surface area contributed by atoms with E-state index in [1.165, 1.54) is 24.3 Å². The number of hydrogen-bond acceptors (Lipinski definition) is 6. The summed E-state index contributed by atoms with van der Waals surface area (Å²) in [6.07, 6.45) is -0.653. The first-order valence-corrected chi connectivity index (χ1v) is 9.45. The van der Waals surface area contributed by atoms with Gasteiger partial charge in [0.1, 0.15) is 0 Å². The maximum absolute atomic E-state index is 12.4. The first-order valence-electron chi connectivity index (χ1n) is 7.97. The molecule has 26 heavy (non-hydrogen) atoms. The van der Waals surface area contributed by atoms with E-state index in [4.69, 9.17) is 9.47 Å². The van der Waals surface area contributed by atoms with Crippen molar-refractivity contribution in [3.05, 3.63) is 65.7 Å². The third kappa shape index (κ3) is 4.27. The van der Waals surface area contributed by atoms with E-state index >= 15 is 0 Å². The van der Waals surface area contributed by atoms with E-state index in [1.54, 1.807) is 12.1 Å². The Bertz CT molecular complexity index is 910. The highest BCUT2D eigenvalue weighted by Crippen LogP contribution is 2.16. The lowest BCUT2D eigenvalue weighted by Crippen LogP contribution is -2.24. The second kappa shape index (κ2) is 7.67. The Morgan fingerprint density at radius 3 is 2.62 bits per heavy atom. The molecule has 2 aromatic carbocycles. The summed E-state index contributed by atoms with van der Waals surface area (Å²) in [6.45, 7) is 0.334. The molecule has 1 heterocycles. The number of esters is 2. The SMILES string of the molecule is O=C(O[C@H]1CCOC1=O)c1cccc(S(=O)(=O)NCc2ccccc2)c1. The van der Waals surface area contributed by atoms with Gasteiger partial charge in [0.25, 0.3) is 0 Å². The van der Waals surface area contributed by atoms with Crippen molar-refractivity contribution in [2.24, 2.45) is 0 Å². The van der Waals surface area contributed by atoms with Crippen molar-refractivity contribution < 1.29 is 27.5 Å². The molecule has 136 valence electrons. The van der Waals surface area contributed by atoms with Gasteiger partial charge in [-0.05, 0) is 23.8 Å². The Balaban J connectivity index is 1.71. The second-order valence-corrected chi connectivity index (χ2v) is 7.46. The molecule has 0 saturated carbocycles. The molecule has 7 nitrogen and oxygen atoms in total. The van der Waals surface area contributed by atoms with Gasteiger partial charge < -0.3 is 9.47 Å². The van der Waals surface area contributed by atoms with Crippen LogP contribution in [-0.2, 0) is 30.8 Å². The van der Waals surface area contributed by atoms with Gasteiger partial charge in [-0.1, -0.05) is 36.4 Å². The monoisotopic (exact) mass is 375 g/mol. The average Bonchev–Trinajstić information content (AvgIpc) is 3.06. The van der Waals surface area contributed by atoms with Gasteiger partial charge in [0.15, 0.2) is 0 Å². The van der Waals surface area contributed by atoms with Crippen molar-refractivity contribution in [2.45, 2.75) is 24.0 Å². The quantitative estimate of drug-likeness (QED) is 0.771. The summed E-state index contributed by atoms with van der Waals surface area (Å²) in [5.41, 5.74) is 0.860. The van der Waals surface area contributed by atoms with Gasteiger partial charge in [0.05, 0.1) is 17.1 Å². The maximum atomic E-state index is 12.4. The molecule has 1 atom stereocenters. The Kier molecular flexibility index (Phi) is 5.34. The highest BCUT2D eigenvalue weighted by molar-refractivity contribution is 7.89. The molecule has 1 fully saturated rings. The predicted molar refractivity (Wildman–Crippen MR) is 91.7 cm³/mol. The predicted octanol–water partition coefficient (Wildman–Crippen LogP) is 1.64. The van der Waals surface area contributed by atoms with Crippen LogP contribution in [0.1, 0.15) is 22.3 Å². The topological polar surface area (TPSA) is 98.8 Å². The molecule has 1 aliphatic rings. The number of nitrogens with one attached hydrogen (secondary N) is 1. The van der Waals surface area contributed by atoms with E-state index in [0.717, 1.165) is 5.56 Å². The lowest BCUT2D eigenvalue weighted by atomic mass is 10.2. The van der Waals surface area contributed by atoms with E-state index < -0.39 is 28.1 Å². The molecule has 0 aromatic heterocycles. The number of carbonyl (C=O) groups is 2. The van der Waals surface area contributed by atoms with Crippen molar-refractivity contribution in [1.82, 2.24) is 4.72 Å². The van der Waals surface area contributed by atoms with Crippen LogP contribution in [-0.4, -0.2) is 33.1 Å². The third-order valence-electron chi connectivity index (χ3n) is 3.83. The maximum Gasteiger partial charge on any atom is 0.347 e. The lowest BCUT2D eigenvalue weighted by molar-refractivity contribution is -0.145. The standard InChI is InChI=1S/C18H17NO6S/c20-17(25-16-9-10-24-18(16)21)14-7-4-8-15(11-14)26(22,23)19-12-13-5-2-1-3-6-13/h1-8,11,16,19H,9-10,12H2/t16-/m0/s1. The van der Waals surface area contributed by atoms with Gasteiger partial charge in [-0.3, -0.25) is 0 Å². The average molecular weight is 375 g/mol. The highest BCUT2D eigenvalue weighted by atomic mass is 32.2. The highest BCUT2D eigenvalue weighted by Gasteiger charge is 2.30. The van der Waals surface area contributed by atoms with Crippen LogP contribution in [0.4, 0.5) is 0 Å². The Labute approximate surface area is 151 Å². The molecule has 0 amide bonds. The molecule has 1 N–H and O–H groups in total. The van der Waals surface area contributed by atoms with Gasteiger partial charge in [-0.15, -0.1) is 0 Å². The van der Waals surface area contributed by atoms with Crippen LogP contribution in [0, 0.1) is 0 Å². The zero-order chi connectivity index (χ0) is 18.6. The molecule has 8 heteroatoms. The van der Waals surface area contributed by atoms with E-state index in [-0.39, 0.29) is 23.6 Å². The van der Waals surface area contributed by atoms with Crippen molar-refractivity contribution in [3.63, 3.8) is 0 Å². The molecular formula is C18H17NO6S. The van der Waals surface area contributed by atoms with E-state index in [9.17, 15) is 18.0 Å². The molecule has 0 aliphatic carbocycles. The summed E-state index contributed by atoms with van der Waals surface area (Å²) in [4.78, 5) is 23.5. The second-order valence-electron chi connectivity index (χ2n) is 5.69. The van der Waals surface area contributed by atoms with Crippen molar-refractivity contribution in [2.75, 3.05) is 6.61 Å². The molecule has 1 saturated heterocycles. The summed E-state index contributed by atoms with van der Waals surface area (Å²) < 4.78 is 37.2. The fraction of sp³-hybridized carbons (Fsp3) is 0.222. The smallest absolute Gasteiger partial charge is 0.347 e. The van der Waals surface area contributed by atoms with Crippen LogP contribution in [0.2, 0.25) is 0 Å². The van der Waals surface area contributed by atoms with Crippen LogP contribution >= 0.6 is 0 Å². The molecule has 0 spiro atoms. The first kappa shape index (κ1) is 18.1. The molecule has 3 rings (SSSR count). The number of cyclic esters (lactones) is 1. The Morgan fingerprint density at radius 2 is 1.92 bits per heavy atom. The number of ether oxygens (including phenoxy) is 2. The summed E-state index contributed by atoms with van der Waals surface area (Å²) in [6, 6.07) is 14.5. The van der Waals surface area contributed by atoms with E-state index in [2.05, 4.69) is 4.72 Å². The molecule has 1 aliphatic heterocycles. The van der Waals surface area contributed by atoms with Crippen LogP contribution < -0.4 is 4.72 Å². The summed E-state index contributed by atoms with van der Waals surface area (Å²) in [7, 11) is -3.80. The summed E-state index contributed by atoms with van der Waals surface area (Å²) >= 11 is 0. The van der Waals surface area contributed by atoms with Gasteiger partial charge in [0.2, 0.25) is 16.1 Å². The largest absolute Gasteiger partial charge is 0.463 e. The van der Waals surface area contributed by atoms with Crippen LogP contribution in [0.5, 0.6) is 0 Å². The Morgan fingerprint density at radius 1 is 1.15 bits per heavy atom. The third-order valence-corrected chi connectivity index (χ3v) is 5.22. The fourth-order valence-corrected chi connectivity index (χ4v) is 3.49. The minimum atomic E-state index is -3.80. The first-order chi connectivity index (χ1) is 12.5. The minimum Gasteiger partial charge on any atom is -0.463 e. The van der Waals surface area contributed by atoms with Gasteiger partial charge in [-0.2, -0.15) is 0 Å².